The lowest BCUT2D eigenvalue weighted by Crippen LogP contribution is -1.88. The summed E-state index contributed by atoms with van der Waals surface area (Å²) in [5, 5.41) is 10.8. The number of aliphatic hydroxyl groups excluding tert-OH is 1. The lowest BCUT2D eigenvalue weighted by atomic mass is 10.1. The van der Waals surface area contributed by atoms with Crippen LogP contribution in [0.15, 0.2) is 24.4 Å². The van der Waals surface area contributed by atoms with Gasteiger partial charge in [-0.05, 0) is 19.4 Å². The first-order valence-electron chi connectivity index (χ1n) is 4.84. The lowest BCUT2D eigenvalue weighted by molar-refractivity contribution is 0.200. The maximum atomic E-state index is 9.61. The van der Waals surface area contributed by atoms with Crippen LogP contribution in [0.2, 0.25) is 0 Å². The van der Waals surface area contributed by atoms with Crippen LogP contribution >= 0.6 is 0 Å². The van der Waals surface area contributed by atoms with Crippen LogP contribution in [0, 0.1) is 6.92 Å². The van der Waals surface area contributed by atoms with Gasteiger partial charge in [-0.25, -0.2) is 0 Å². The Labute approximate surface area is 83.8 Å². The normalized spacial score (nSPS) is 13.4. The molecule has 1 N–H and O–H groups in total. The zero-order valence-corrected chi connectivity index (χ0v) is 8.78. The largest absolute Gasteiger partial charge is 0.389 e. The summed E-state index contributed by atoms with van der Waals surface area (Å²) in [6, 6.07) is 6.18. The molecule has 0 bridgehead atoms. The van der Waals surface area contributed by atoms with E-state index in [0.717, 1.165) is 10.9 Å². The number of nitrogens with zero attached hydrogens (tertiary/aromatic N) is 1. The van der Waals surface area contributed by atoms with Gasteiger partial charge in [0.05, 0.1) is 11.6 Å². The van der Waals surface area contributed by atoms with E-state index in [4.69, 9.17) is 0 Å². The van der Waals surface area contributed by atoms with Crippen LogP contribution < -0.4 is 0 Å². The van der Waals surface area contributed by atoms with E-state index in [1.165, 1.54) is 11.1 Å². The Balaban J connectivity index is 2.84. The summed E-state index contributed by atoms with van der Waals surface area (Å²) in [6.07, 6.45) is 1.60. The van der Waals surface area contributed by atoms with Crippen LogP contribution in [-0.4, -0.2) is 9.67 Å². The Morgan fingerprint density at radius 1 is 1.36 bits per heavy atom. The number of fused-ring (bicyclic) bond motifs is 1. The molecule has 2 heteroatoms. The molecule has 0 saturated carbocycles. The molecule has 0 fully saturated rings. The summed E-state index contributed by atoms with van der Waals surface area (Å²) in [5.74, 6) is 0. The first-order chi connectivity index (χ1) is 6.61. The summed E-state index contributed by atoms with van der Waals surface area (Å²) >= 11 is 0. The maximum Gasteiger partial charge on any atom is 0.0782 e. The molecule has 0 radical (unpaired) electrons. The minimum Gasteiger partial charge on any atom is -0.389 e. The third-order valence-electron chi connectivity index (χ3n) is 2.68. The van der Waals surface area contributed by atoms with Crippen molar-refractivity contribution in [2.75, 3.05) is 0 Å². The topological polar surface area (TPSA) is 25.2 Å². The molecular formula is C12H15NO. The average molecular weight is 189 g/mol. The van der Waals surface area contributed by atoms with Crippen molar-refractivity contribution in [3.63, 3.8) is 0 Å². The third kappa shape index (κ3) is 1.23. The van der Waals surface area contributed by atoms with Gasteiger partial charge in [-0.2, -0.15) is 0 Å². The van der Waals surface area contributed by atoms with Crippen LogP contribution in [0.4, 0.5) is 0 Å². The molecule has 0 spiro atoms. The van der Waals surface area contributed by atoms with E-state index in [9.17, 15) is 5.11 Å². The van der Waals surface area contributed by atoms with Crippen LogP contribution in [0.3, 0.4) is 0 Å². The zero-order valence-electron chi connectivity index (χ0n) is 8.78. The second-order valence-electron chi connectivity index (χ2n) is 3.84. The monoisotopic (exact) mass is 189 g/mol. The first-order valence-corrected chi connectivity index (χ1v) is 4.84. The fraction of sp³-hybridized carbons (Fsp3) is 0.333. The van der Waals surface area contributed by atoms with Crippen molar-refractivity contribution in [1.29, 1.82) is 0 Å². The molecule has 1 aromatic carbocycles. The highest BCUT2D eigenvalue weighted by atomic mass is 16.3. The molecular weight excluding hydrogens is 174 g/mol. The van der Waals surface area contributed by atoms with Crippen LogP contribution in [0.5, 0.6) is 0 Å². The number of rotatable bonds is 1. The van der Waals surface area contributed by atoms with E-state index < -0.39 is 6.10 Å². The van der Waals surface area contributed by atoms with Crippen molar-refractivity contribution in [2.45, 2.75) is 20.0 Å². The second kappa shape index (κ2) is 3.14. The molecule has 2 nitrogen and oxygen atoms in total. The van der Waals surface area contributed by atoms with Gasteiger partial charge in [-0.15, -0.1) is 0 Å². The molecule has 1 heterocycles. The lowest BCUT2D eigenvalue weighted by Gasteiger charge is -2.02. The molecule has 1 unspecified atom stereocenters. The number of aryl methyl sites for hydroxylation is 2. The van der Waals surface area contributed by atoms with Gasteiger partial charge in [-0.1, -0.05) is 18.2 Å². The number of aromatic nitrogens is 1. The number of benzene rings is 1. The molecule has 0 amide bonds. The van der Waals surface area contributed by atoms with Crippen molar-refractivity contribution in [3.05, 3.63) is 35.5 Å². The predicted molar refractivity (Wildman–Crippen MR) is 58.3 cm³/mol. The molecule has 0 saturated heterocycles. The van der Waals surface area contributed by atoms with Gasteiger partial charge in [0.15, 0.2) is 0 Å². The van der Waals surface area contributed by atoms with Gasteiger partial charge in [0.2, 0.25) is 0 Å². The van der Waals surface area contributed by atoms with Crippen molar-refractivity contribution in [2.24, 2.45) is 7.05 Å². The Morgan fingerprint density at radius 2 is 2.07 bits per heavy atom. The first kappa shape index (κ1) is 9.28. The van der Waals surface area contributed by atoms with Gasteiger partial charge in [0.1, 0.15) is 0 Å². The van der Waals surface area contributed by atoms with Crippen molar-refractivity contribution < 1.29 is 5.11 Å². The Bertz CT molecular complexity index is 468. The SMILES string of the molecule is Cc1cccc2c(C(C)O)cn(C)c12. The molecule has 2 aromatic rings. The summed E-state index contributed by atoms with van der Waals surface area (Å²) in [5.41, 5.74) is 3.46. The smallest absolute Gasteiger partial charge is 0.0782 e. The van der Waals surface area contributed by atoms with E-state index in [0.29, 0.717) is 0 Å². The van der Waals surface area contributed by atoms with Crippen LogP contribution in [0.25, 0.3) is 10.9 Å². The molecule has 0 aliphatic heterocycles. The van der Waals surface area contributed by atoms with Gasteiger partial charge in [0, 0.05) is 24.2 Å². The quantitative estimate of drug-likeness (QED) is 0.732. The van der Waals surface area contributed by atoms with E-state index in [1.807, 2.05) is 19.3 Å². The number of hydrogen-bond donors (Lipinski definition) is 1. The van der Waals surface area contributed by atoms with E-state index in [-0.39, 0.29) is 0 Å². The Morgan fingerprint density at radius 3 is 2.71 bits per heavy atom. The van der Waals surface area contributed by atoms with E-state index >= 15 is 0 Å². The van der Waals surface area contributed by atoms with Gasteiger partial charge >= 0.3 is 0 Å². The highest BCUT2D eigenvalue weighted by Crippen LogP contribution is 2.27. The summed E-state index contributed by atoms with van der Waals surface area (Å²) in [6.45, 7) is 3.89. The summed E-state index contributed by atoms with van der Waals surface area (Å²) in [7, 11) is 2.02. The van der Waals surface area contributed by atoms with Gasteiger partial charge in [-0.3, -0.25) is 0 Å². The molecule has 14 heavy (non-hydrogen) atoms. The molecule has 0 aliphatic carbocycles. The average Bonchev–Trinajstić information content (AvgIpc) is 2.45. The summed E-state index contributed by atoms with van der Waals surface area (Å²) < 4.78 is 2.08. The standard InChI is InChI=1S/C12H15NO/c1-8-5-4-6-10-11(9(2)14)7-13(3)12(8)10/h4-7,9,14H,1-3H3. The fourth-order valence-electron chi connectivity index (χ4n) is 2.04. The van der Waals surface area contributed by atoms with E-state index in [1.54, 1.807) is 6.92 Å². The van der Waals surface area contributed by atoms with Gasteiger partial charge in [0.25, 0.3) is 0 Å². The second-order valence-corrected chi connectivity index (χ2v) is 3.84. The number of hydrogen-bond acceptors (Lipinski definition) is 1. The minimum atomic E-state index is -0.402. The zero-order chi connectivity index (χ0) is 10.3. The Hall–Kier alpha value is -1.28. The molecule has 0 aliphatic rings. The van der Waals surface area contributed by atoms with E-state index in [2.05, 4.69) is 23.6 Å². The fourth-order valence-corrected chi connectivity index (χ4v) is 2.04. The molecule has 2 rings (SSSR count). The molecule has 74 valence electrons. The predicted octanol–water partition coefficient (Wildman–Crippen LogP) is 2.54. The van der Waals surface area contributed by atoms with Crippen molar-refractivity contribution in [1.82, 2.24) is 4.57 Å². The minimum absolute atomic E-state index is 0.402. The molecule has 1 atom stereocenters. The van der Waals surface area contributed by atoms with Crippen LogP contribution in [0.1, 0.15) is 24.2 Å². The Kier molecular flexibility index (Phi) is 2.08. The van der Waals surface area contributed by atoms with Gasteiger partial charge < -0.3 is 9.67 Å². The molecule has 1 aromatic heterocycles. The van der Waals surface area contributed by atoms with Crippen molar-refractivity contribution >= 4 is 10.9 Å². The maximum absolute atomic E-state index is 9.61. The summed E-state index contributed by atoms with van der Waals surface area (Å²) in [4.78, 5) is 0. The third-order valence-corrected chi connectivity index (χ3v) is 2.68. The number of aliphatic hydroxyl groups is 1. The highest BCUT2D eigenvalue weighted by Gasteiger charge is 2.11. The highest BCUT2D eigenvalue weighted by molar-refractivity contribution is 5.86. The van der Waals surface area contributed by atoms with Crippen molar-refractivity contribution in [3.8, 4) is 0 Å². The number of para-hydroxylation sites is 1. The van der Waals surface area contributed by atoms with Crippen LogP contribution in [-0.2, 0) is 7.05 Å².